The van der Waals surface area contributed by atoms with Gasteiger partial charge in [0.1, 0.15) is 15.5 Å². The van der Waals surface area contributed by atoms with Crippen LogP contribution in [0.25, 0.3) is 10.2 Å². The molecule has 2 N–H and O–H groups in total. The standard InChI is InChI=1S/C26H27N5O4S/c1-4-20(32)30-13-5-6-16(14-30)28-24(33)23-22-21-19(11-12-27-25(21)36-23)31(26(34)29-22)17-7-9-18(10-8-17)35-15(2)3/h4,7-12,15-16H,1,5-6,13-14H2,2-3H3,(H,28,33)(H,29,34)/t16-/m1/s1. The number of amides is 4. The normalized spacial score (nSPS) is 17.2. The highest BCUT2D eigenvalue weighted by molar-refractivity contribution is 7.21. The van der Waals surface area contributed by atoms with Crippen molar-refractivity contribution in [1.29, 1.82) is 0 Å². The zero-order valence-corrected chi connectivity index (χ0v) is 20.9. The Balaban J connectivity index is 1.44. The summed E-state index contributed by atoms with van der Waals surface area (Å²) in [6.45, 7) is 8.53. The van der Waals surface area contributed by atoms with Crippen molar-refractivity contribution < 1.29 is 19.1 Å². The molecule has 4 amide bonds. The highest BCUT2D eigenvalue weighted by Crippen LogP contribution is 2.45. The summed E-state index contributed by atoms with van der Waals surface area (Å²) in [6, 6.07) is 8.54. The van der Waals surface area contributed by atoms with Gasteiger partial charge in [-0.3, -0.25) is 14.5 Å². The fourth-order valence-electron chi connectivity index (χ4n) is 4.62. The van der Waals surface area contributed by atoms with Gasteiger partial charge in [0.05, 0.1) is 28.6 Å². The molecule has 0 bridgehead atoms. The summed E-state index contributed by atoms with van der Waals surface area (Å²) in [5.74, 6) is 0.286. The Morgan fingerprint density at radius 1 is 1.28 bits per heavy atom. The summed E-state index contributed by atoms with van der Waals surface area (Å²) < 4.78 is 5.72. The number of carbonyl (C=O) groups excluding carboxylic acids is 3. The Morgan fingerprint density at radius 2 is 2.06 bits per heavy atom. The quantitative estimate of drug-likeness (QED) is 0.474. The zero-order valence-electron chi connectivity index (χ0n) is 20.1. The second-order valence-electron chi connectivity index (χ2n) is 9.04. The van der Waals surface area contributed by atoms with Gasteiger partial charge in [0.15, 0.2) is 0 Å². The predicted octanol–water partition coefficient (Wildman–Crippen LogP) is 4.67. The van der Waals surface area contributed by atoms with E-state index in [1.807, 2.05) is 38.1 Å². The van der Waals surface area contributed by atoms with Crippen molar-refractivity contribution in [3.05, 3.63) is 54.1 Å². The van der Waals surface area contributed by atoms with Crippen LogP contribution in [0.4, 0.5) is 21.9 Å². The smallest absolute Gasteiger partial charge is 0.331 e. The molecule has 1 atom stereocenters. The van der Waals surface area contributed by atoms with Crippen LogP contribution in [0.5, 0.6) is 5.75 Å². The number of thiophene rings is 1. The number of pyridine rings is 1. The molecule has 4 heterocycles. The topological polar surface area (TPSA) is 104 Å². The van der Waals surface area contributed by atoms with Crippen molar-refractivity contribution in [3.63, 3.8) is 0 Å². The molecule has 5 rings (SSSR count). The van der Waals surface area contributed by atoms with E-state index >= 15 is 0 Å². The molecule has 0 aliphatic carbocycles. The fraction of sp³-hybridized carbons (Fsp3) is 0.308. The van der Waals surface area contributed by atoms with E-state index in [1.165, 1.54) is 17.4 Å². The molecule has 10 heteroatoms. The van der Waals surface area contributed by atoms with E-state index in [2.05, 4.69) is 22.2 Å². The Bertz CT molecular complexity index is 1350. The van der Waals surface area contributed by atoms with Crippen molar-refractivity contribution in [2.75, 3.05) is 23.3 Å². The number of aromatic nitrogens is 1. The third kappa shape index (κ3) is 4.39. The molecule has 3 aromatic rings. The van der Waals surface area contributed by atoms with Crippen LogP contribution < -0.4 is 20.3 Å². The average Bonchev–Trinajstić information content (AvgIpc) is 3.24. The van der Waals surface area contributed by atoms with Crippen molar-refractivity contribution >= 4 is 56.5 Å². The number of anilines is 3. The lowest BCUT2D eigenvalue weighted by molar-refractivity contribution is -0.127. The molecule has 186 valence electrons. The average molecular weight is 506 g/mol. The fourth-order valence-corrected chi connectivity index (χ4v) is 5.64. The molecule has 1 saturated heterocycles. The van der Waals surface area contributed by atoms with Crippen LogP contribution in [0.1, 0.15) is 36.4 Å². The lowest BCUT2D eigenvalue weighted by Crippen LogP contribution is -2.49. The first kappa shape index (κ1) is 23.8. The minimum absolute atomic E-state index is 0.0473. The lowest BCUT2D eigenvalue weighted by Gasteiger charge is -2.32. The van der Waals surface area contributed by atoms with Crippen LogP contribution >= 0.6 is 11.3 Å². The molecule has 0 radical (unpaired) electrons. The van der Waals surface area contributed by atoms with Gasteiger partial charge in [0.2, 0.25) is 5.91 Å². The second-order valence-corrected chi connectivity index (χ2v) is 10.0. The number of nitrogens with zero attached hydrogens (tertiary/aromatic N) is 3. The van der Waals surface area contributed by atoms with Crippen molar-refractivity contribution in [2.45, 2.75) is 38.8 Å². The molecule has 9 nitrogen and oxygen atoms in total. The molecule has 36 heavy (non-hydrogen) atoms. The first-order valence-corrected chi connectivity index (χ1v) is 12.7. The number of urea groups is 1. The molecular weight excluding hydrogens is 478 g/mol. The molecule has 0 unspecified atom stereocenters. The van der Waals surface area contributed by atoms with Crippen molar-refractivity contribution in [1.82, 2.24) is 15.2 Å². The third-order valence-electron chi connectivity index (χ3n) is 6.16. The van der Waals surface area contributed by atoms with E-state index in [0.717, 1.165) is 24.0 Å². The number of piperidine rings is 1. The van der Waals surface area contributed by atoms with Gasteiger partial charge in [-0.05, 0) is 63.1 Å². The summed E-state index contributed by atoms with van der Waals surface area (Å²) in [7, 11) is 0. The summed E-state index contributed by atoms with van der Waals surface area (Å²) in [6.07, 6.45) is 4.54. The van der Waals surface area contributed by atoms with Crippen molar-refractivity contribution in [3.8, 4) is 5.75 Å². The van der Waals surface area contributed by atoms with Gasteiger partial charge in [-0.25, -0.2) is 9.78 Å². The van der Waals surface area contributed by atoms with Crippen LogP contribution in [-0.4, -0.2) is 53.0 Å². The molecule has 0 spiro atoms. The first-order chi connectivity index (χ1) is 17.4. The second kappa shape index (κ2) is 9.62. The summed E-state index contributed by atoms with van der Waals surface area (Å²) in [5, 5.41) is 6.67. The summed E-state index contributed by atoms with van der Waals surface area (Å²) >= 11 is 1.24. The van der Waals surface area contributed by atoms with E-state index in [1.54, 1.807) is 22.1 Å². The molecule has 0 saturated carbocycles. The number of hydrogen-bond acceptors (Lipinski definition) is 6. The van der Waals surface area contributed by atoms with E-state index in [9.17, 15) is 14.4 Å². The van der Waals surface area contributed by atoms with Gasteiger partial charge in [-0.2, -0.15) is 0 Å². The monoisotopic (exact) mass is 505 g/mol. The largest absolute Gasteiger partial charge is 0.491 e. The van der Waals surface area contributed by atoms with E-state index in [4.69, 9.17) is 4.74 Å². The van der Waals surface area contributed by atoms with E-state index in [-0.39, 0.29) is 30.0 Å². The van der Waals surface area contributed by atoms with Gasteiger partial charge in [-0.1, -0.05) is 6.58 Å². The van der Waals surface area contributed by atoms with Gasteiger partial charge in [0, 0.05) is 25.3 Å². The maximum atomic E-state index is 13.3. The number of nitrogens with one attached hydrogen (secondary N) is 2. The minimum atomic E-state index is -0.361. The summed E-state index contributed by atoms with van der Waals surface area (Å²) in [4.78, 5) is 47.3. The van der Waals surface area contributed by atoms with Gasteiger partial charge in [-0.15, -0.1) is 11.3 Å². The maximum absolute atomic E-state index is 13.3. The summed E-state index contributed by atoms with van der Waals surface area (Å²) in [5.41, 5.74) is 1.80. The number of likely N-dealkylation sites (tertiary alicyclic amines) is 1. The number of benzene rings is 1. The molecule has 1 aromatic carbocycles. The Kier molecular flexibility index (Phi) is 6.36. The van der Waals surface area contributed by atoms with E-state index in [0.29, 0.717) is 39.9 Å². The first-order valence-electron chi connectivity index (χ1n) is 11.9. The molecule has 1 fully saturated rings. The SMILES string of the molecule is C=CC(=O)N1CCC[C@@H](NC(=O)c2sc3nccc4c3c2NC(=O)N4c2ccc(OC(C)C)cc2)C1. The zero-order chi connectivity index (χ0) is 25.4. The predicted molar refractivity (Wildman–Crippen MR) is 140 cm³/mol. The minimum Gasteiger partial charge on any atom is -0.491 e. The third-order valence-corrected chi connectivity index (χ3v) is 7.26. The molecule has 2 aliphatic rings. The van der Waals surface area contributed by atoms with E-state index < -0.39 is 0 Å². The Morgan fingerprint density at radius 3 is 2.78 bits per heavy atom. The maximum Gasteiger partial charge on any atom is 0.331 e. The Hall–Kier alpha value is -3.92. The number of rotatable bonds is 6. The highest BCUT2D eigenvalue weighted by Gasteiger charge is 2.33. The Labute approximate surface area is 212 Å². The molecule has 2 aliphatic heterocycles. The number of hydrogen-bond donors (Lipinski definition) is 2. The molecule has 2 aromatic heterocycles. The van der Waals surface area contributed by atoms with Crippen LogP contribution in [0, 0.1) is 0 Å². The number of carbonyl (C=O) groups is 3. The van der Waals surface area contributed by atoms with Crippen LogP contribution in [-0.2, 0) is 4.79 Å². The highest BCUT2D eigenvalue weighted by atomic mass is 32.1. The molecular formula is C26H27N5O4S. The van der Waals surface area contributed by atoms with Crippen LogP contribution in [0.15, 0.2) is 49.2 Å². The lowest BCUT2D eigenvalue weighted by atomic mass is 10.1. The van der Waals surface area contributed by atoms with Crippen LogP contribution in [0.3, 0.4) is 0 Å². The van der Waals surface area contributed by atoms with Gasteiger partial charge < -0.3 is 20.3 Å². The van der Waals surface area contributed by atoms with Crippen molar-refractivity contribution in [2.24, 2.45) is 0 Å². The number of ether oxygens (including phenoxy) is 1. The van der Waals surface area contributed by atoms with Crippen LogP contribution in [0.2, 0.25) is 0 Å². The van der Waals surface area contributed by atoms with Gasteiger partial charge >= 0.3 is 6.03 Å². The van der Waals surface area contributed by atoms with Gasteiger partial charge in [0.25, 0.3) is 5.91 Å².